The number of methoxy groups -OCH3 is 1. The van der Waals surface area contributed by atoms with E-state index in [2.05, 4.69) is 16.0 Å². The van der Waals surface area contributed by atoms with Gasteiger partial charge in [0.15, 0.2) is 0 Å². The lowest BCUT2D eigenvalue weighted by Crippen LogP contribution is -2.41. The maximum absolute atomic E-state index is 12.4. The van der Waals surface area contributed by atoms with E-state index in [1.54, 1.807) is 31.4 Å². The first kappa shape index (κ1) is 23.6. The number of carbonyl (C=O) groups is 2. The van der Waals surface area contributed by atoms with Crippen molar-refractivity contribution >= 4 is 23.3 Å². The molecule has 3 aromatic rings. The maximum Gasteiger partial charge on any atom is 0.321 e. The number of nitrogens with one attached hydrogen (secondary N) is 3. The molecule has 0 aliphatic carbocycles. The lowest BCUT2D eigenvalue weighted by atomic mass is 10.2. The molecule has 0 fully saturated rings. The molecule has 0 saturated carbocycles. The highest BCUT2D eigenvalue weighted by Crippen LogP contribution is 2.23. The third-order valence-corrected chi connectivity index (χ3v) is 4.74. The highest BCUT2D eigenvalue weighted by atomic mass is 16.5. The molecule has 3 aromatic carbocycles. The first-order valence-electron chi connectivity index (χ1n) is 10.5. The van der Waals surface area contributed by atoms with Crippen molar-refractivity contribution in [1.82, 2.24) is 5.32 Å². The standard InChI is InChI=1S/C25H27N3O5/c1-32-23-10-6-5-9-21(23)26-15-16-27-22(25(30)31)17-24(29)28-18-11-13-20(14-12-18)33-19-7-3-2-4-8-19/h2-14,22,26-27H,15-17H2,1H3,(H,28,29)(H,30,31). The molecule has 0 saturated heterocycles. The molecule has 1 atom stereocenters. The second-order valence-corrected chi connectivity index (χ2v) is 7.16. The number of hydrogen-bond acceptors (Lipinski definition) is 6. The van der Waals surface area contributed by atoms with Crippen LogP contribution in [0.3, 0.4) is 0 Å². The smallest absolute Gasteiger partial charge is 0.321 e. The monoisotopic (exact) mass is 449 g/mol. The van der Waals surface area contributed by atoms with Crippen LogP contribution in [0.25, 0.3) is 0 Å². The van der Waals surface area contributed by atoms with E-state index in [9.17, 15) is 14.7 Å². The molecule has 172 valence electrons. The summed E-state index contributed by atoms with van der Waals surface area (Å²) >= 11 is 0. The van der Waals surface area contributed by atoms with Gasteiger partial charge in [0.1, 0.15) is 23.3 Å². The third kappa shape index (κ3) is 7.55. The van der Waals surface area contributed by atoms with Crippen molar-refractivity contribution in [3.05, 3.63) is 78.9 Å². The third-order valence-electron chi connectivity index (χ3n) is 4.74. The van der Waals surface area contributed by atoms with Crippen molar-refractivity contribution in [2.24, 2.45) is 0 Å². The maximum atomic E-state index is 12.4. The van der Waals surface area contributed by atoms with Crippen LogP contribution >= 0.6 is 0 Å². The highest BCUT2D eigenvalue weighted by molar-refractivity contribution is 5.94. The molecule has 1 amide bonds. The predicted molar refractivity (Wildman–Crippen MR) is 127 cm³/mol. The molecule has 0 bridgehead atoms. The molecule has 0 aromatic heterocycles. The lowest BCUT2D eigenvalue weighted by molar-refractivity contribution is -0.141. The molecule has 0 heterocycles. The van der Waals surface area contributed by atoms with E-state index < -0.39 is 17.9 Å². The van der Waals surface area contributed by atoms with Gasteiger partial charge in [-0.3, -0.25) is 9.59 Å². The predicted octanol–water partition coefficient (Wildman–Crippen LogP) is 3.97. The number of anilines is 2. The average molecular weight is 450 g/mol. The average Bonchev–Trinajstić information content (AvgIpc) is 2.83. The van der Waals surface area contributed by atoms with Gasteiger partial charge >= 0.3 is 5.97 Å². The Morgan fingerprint density at radius 1 is 0.879 bits per heavy atom. The Morgan fingerprint density at radius 2 is 1.55 bits per heavy atom. The molecular weight excluding hydrogens is 422 g/mol. The van der Waals surface area contributed by atoms with Crippen LogP contribution in [0, 0.1) is 0 Å². The van der Waals surface area contributed by atoms with Gasteiger partial charge in [-0.2, -0.15) is 0 Å². The topological polar surface area (TPSA) is 109 Å². The summed E-state index contributed by atoms with van der Waals surface area (Å²) in [6, 6.07) is 22.7. The molecule has 33 heavy (non-hydrogen) atoms. The van der Waals surface area contributed by atoms with Crippen LogP contribution < -0.4 is 25.4 Å². The Bertz CT molecular complexity index is 1040. The summed E-state index contributed by atoms with van der Waals surface area (Å²) in [5.74, 6) is 0.557. The van der Waals surface area contributed by atoms with Crippen molar-refractivity contribution in [2.75, 3.05) is 30.8 Å². The van der Waals surface area contributed by atoms with Crippen molar-refractivity contribution in [2.45, 2.75) is 12.5 Å². The second-order valence-electron chi connectivity index (χ2n) is 7.16. The molecule has 1 unspecified atom stereocenters. The van der Waals surface area contributed by atoms with Gasteiger partial charge in [0, 0.05) is 18.8 Å². The first-order chi connectivity index (χ1) is 16.0. The fourth-order valence-corrected chi connectivity index (χ4v) is 3.11. The fourth-order valence-electron chi connectivity index (χ4n) is 3.11. The lowest BCUT2D eigenvalue weighted by Gasteiger charge is -2.16. The van der Waals surface area contributed by atoms with Crippen molar-refractivity contribution in [3.63, 3.8) is 0 Å². The van der Waals surface area contributed by atoms with Gasteiger partial charge in [-0.25, -0.2) is 0 Å². The minimum absolute atomic E-state index is 0.202. The van der Waals surface area contributed by atoms with Gasteiger partial charge < -0.3 is 30.5 Å². The number of carboxylic acid groups (broad SMARTS) is 1. The number of para-hydroxylation sites is 3. The van der Waals surface area contributed by atoms with Crippen molar-refractivity contribution in [3.8, 4) is 17.2 Å². The van der Waals surface area contributed by atoms with Crippen LogP contribution in [-0.4, -0.2) is 43.2 Å². The largest absolute Gasteiger partial charge is 0.495 e. The molecule has 0 radical (unpaired) electrons. The minimum Gasteiger partial charge on any atom is -0.495 e. The number of rotatable bonds is 12. The summed E-state index contributed by atoms with van der Waals surface area (Å²) in [6.45, 7) is 0.822. The quantitative estimate of drug-likeness (QED) is 0.310. The van der Waals surface area contributed by atoms with E-state index in [1.807, 2.05) is 54.6 Å². The van der Waals surface area contributed by atoms with E-state index in [-0.39, 0.29) is 6.42 Å². The number of carboxylic acids is 1. The molecular formula is C25H27N3O5. The SMILES string of the molecule is COc1ccccc1NCCNC(CC(=O)Nc1ccc(Oc2ccccc2)cc1)C(=O)O. The van der Waals surface area contributed by atoms with E-state index in [0.717, 1.165) is 5.69 Å². The zero-order valence-corrected chi connectivity index (χ0v) is 18.3. The number of carbonyl (C=O) groups excluding carboxylic acids is 1. The molecule has 8 nitrogen and oxygen atoms in total. The van der Waals surface area contributed by atoms with Crippen molar-refractivity contribution < 1.29 is 24.2 Å². The van der Waals surface area contributed by atoms with Crippen LogP contribution in [0.15, 0.2) is 78.9 Å². The molecule has 0 spiro atoms. The Morgan fingerprint density at radius 3 is 2.24 bits per heavy atom. The van der Waals surface area contributed by atoms with Gasteiger partial charge in [-0.05, 0) is 48.5 Å². The van der Waals surface area contributed by atoms with E-state index in [4.69, 9.17) is 9.47 Å². The van der Waals surface area contributed by atoms with Crippen LogP contribution in [0.2, 0.25) is 0 Å². The summed E-state index contributed by atoms with van der Waals surface area (Å²) in [5.41, 5.74) is 1.37. The Labute approximate surface area is 192 Å². The fraction of sp³-hybridized carbons (Fsp3) is 0.200. The molecule has 3 rings (SSSR count). The van der Waals surface area contributed by atoms with E-state index >= 15 is 0 Å². The number of benzene rings is 3. The molecule has 0 aliphatic heterocycles. The van der Waals surface area contributed by atoms with Gasteiger partial charge in [-0.1, -0.05) is 30.3 Å². The second kappa shape index (κ2) is 12.1. The van der Waals surface area contributed by atoms with Crippen LogP contribution in [0.5, 0.6) is 17.2 Å². The van der Waals surface area contributed by atoms with Gasteiger partial charge in [0.05, 0.1) is 19.2 Å². The van der Waals surface area contributed by atoms with Gasteiger partial charge in [0.25, 0.3) is 0 Å². The highest BCUT2D eigenvalue weighted by Gasteiger charge is 2.20. The van der Waals surface area contributed by atoms with E-state index in [1.165, 1.54) is 0 Å². The van der Waals surface area contributed by atoms with Gasteiger partial charge in [0.2, 0.25) is 5.91 Å². The number of hydrogen-bond donors (Lipinski definition) is 4. The minimum atomic E-state index is -1.09. The van der Waals surface area contributed by atoms with Crippen LogP contribution in [0.1, 0.15) is 6.42 Å². The summed E-state index contributed by atoms with van der Waals surface area (Å²) in [6.07, 6.45) is -0.202. The first-order valence-corrected chi connectivity index (χ1v) is 10.5. The summed E-state index contributed by atoms with van der Waals surface area (Å²) < 4.78 is 11.0. The summed E-state index contributed by atoms with van der Waals surface area (Å²) in [7, 11) is 1.59. The Kier molecular flexibility index (Phi) is 8.67. The molecule has 4 N–H and O–H groups in total. The zero-order valence-electron chi connectivity index (χ0n) is 18.3. The number of ether oxygens (including phenoxy) is 2. The number of aliphatic carboxylic acids is 1. The van der Waals surface area contributed by atoms with Crippen LogP contribution in [-0.2, 0) is 9.59 Å². The molecule has 0 aliphatic rings. The normalized spacial score (nSPS) is 11.3. The van der Waals surface area contributed by atoms with Crippen LogP contribution in [0.4, 0.5) is 11.4 Å². The summed E-state index contributed by atoms with van der Waals surface area (Å²) in [4.78, 5) is 23.9. The zero-order chi connectivity index (χ0) is 23.5. The van der Waals surface area contributed by atoms with E-state index in [0.29, 0.717) is 36.0 Å². The Balaban J connectivity index is 1.45. The number of amides is 1. The van der Waals surface area contributed by atoms with Gasteiger partial charge in [-0.15, -0.1) is 0 Å². The molecule has 8 heteroatoms. The summed E-state index contributed by atoms with van der Waals surface area (Å²) in [5, 5.41) is 18.3. The van der Waals surface area contributed by atoms with Crippen molar-refractivity contribution in [1.29, 1.82) is 0 Å². The Hall–Kier alpha value is -4.04.